The van der Waals surface area contributed by atoms with Gasteiger partial charge in [-0.15, -0.1) is 22.7 Å². The van der Waals surface area contributed by atoms with E-state index in [1.807, 2.05) is 42.6 Å². The van der Waals surface area contributed by atoms with E-state index in [4.69, 9.17) is 4.98 Å². The third-order valence-corrected chi connectivity index (χ3v) is 12.2. The lowest BCUT2D eigenvalue weighted by Crippen LogP contribution is -2.52. The van der Waals surface area contributed by atoms with Crippen LogP contribution in [0.2, 0.25) is 0 Å². The van der Waals surface area contributed by atoms with Crippen molar-refractivity contribution in [1.29, 1.82) is 0 Å². The molecule has 5 unspecified atom stereocenters. The molecule has 230 valence electrons. The number of nitrogens with one attached hydrogen (secondary N) is 2. The molecule has 3 aromatic rings. The summed E-state index contributed by atoms with van der Waals surface area (Å²) in [7, 11) is 1.78. The molecule has 2 N–H and O–H groups in total. The van der Waals surface area contributed by atoms with Gasteiger partial charge in [0.1, 0.15) is 5.69 Å². The number of ketones is 2. The monoisotopic (exact) mass is 620 g/mol. The number of rotatable bonds is 10. The van der Waals surface area contributed by atoms with E-state index in [2.05, 4.69) is 15.5 Å². The van der Waals surface area contributed by atoms with Gasteiger partial charge in [-0.2, -0.15) is 0 Å². The highest BCUT2D eigenvalue weighted by atomic mass is 32.1. The summed E-state index contributed by atoms with van der Waals surface area (Å²) in [5.41, 5.74) is 0.507. The van der Waals surface area contributed by atoms with Crippen molar-refractivity contribution >= 4 is 50.2 Å². The molecule has 0 spiro atoms. The highest BCUT2D eigenvalue weighted by Gasteiger charge is 2.40. The van der Waals surface area contributed by atoms with E-state index in [-0.39, 0.29) is 41.3 Å². The van der Waals surface area contributed by atoms with Crippen LogP contribution < -0.4 is 10.6 Å². The number of thiazole rings is 1. The number of hydrogen-bond acceptors (Lipinski definition) is 8. The summed E-state index contributed by atoms with van der Waals surface area (Å²) in [4.78, 5) is 48.9. The number of aromatic nitrogens is 1. The second kappa shape index (κ2) is 13.7. The molecule has 1 aromatic carbocycles. The Labute approximate surface area is 262 Å². The summed E-state index contributed by atoms with van der Waals surface area (Å²) in [6.07, 6.45) is 10.3. The number of amides is 1. The molecule has 6 rings (SSSR count). The van der Waals surface area contributed by atoms with Crippen molar-refractivity contribution in [3.63, 3.8) is 0 Å². The van der Waals surface area contributed by atoms with Crippen molar-refractivity contribution in [2.45, 2.75) is 95.2 Å². The lowest BCUT2D eigenvalue weighted by atomic mass is 9.78. The second-order valence-corrected chi connectivity index (χ2v) is 14.8. The maximum Gasteiger partial charge on any atom is 0.237 e. The molecule has 2 aromatic heterocycles. The van der Waals surface area contributed by atoms with Crippen molar-refractivity contribution in [3.05, 3.63) is 51.3 Å². The number of hydrogen-bond donors (Lipinski definition) is 2. The highest BCUT2D eigenvalue weighted by molar-refractivity contribution is 7.21. The number of thiophene rings is 1. The zero-order chi connectivity index (χ0) is 29.9. The van der Waals surface area contributed by atoms with Gasteiger partial charge >= 0.3 is 0 Å². The van der Waals surface area contributed by atoms with Crippen LogP contribution in [-0.4, -0.2) is 65.6 Å². The van der Waals surface area contributed by atoms with Crippen LogP contribution in [0.25, 0.3) is 10.1 Å². The van der Waals surface area contributed by atoms with E-state index in [1.165, 1.54) is 30.6 Å². The molecule has 4 heterocycles. The molecule has 1 amide bonds. The van der Waals surface area contributed by atoms with Crippen LogP contribution in [0.5, 0.6) is 0 Å². The molecule has 2 saturated heterocycles. The van der Waals surface area contributed by atoms with Gasteiger partial charge in [0.15, 0.2) is 5.78 Å². The van der Waals surface area contributed by atoms with Crippen molar-refractivity contribution < 1.29 is 14.4 Å². The van der Waals surface area contributed by atoms with Gasteiger partial charge in [-0.25, -0.2) is 4.98 Å². The average molecular weight is 621 g/mol. The molecule has 1 aliphatic carbocycles. The van der Waals surface area contributed by atoms with E-state index >= 15 is 0 Å². The van der Waals surface area contributed by atoms with Crippen LogP contribution in [-0.2, 0) is 9.59 Å². The first-order chi connectivity index (χ1) is 20.9. The maximum absolute atomic E-state index is 14.2. The average Bonchev–Trinajstić information content (AvgIpc) is 3.78. The summed E-state index contributed by atoms with van der Waals surface area (Å²) in [6.45, 7) is 3.81. The Morgan fingerprint density at radius 2 is 1.86 bits per heavy atom. The number of Topliss-reactive ketones (excluding diaryl/α,β-unsaturated/α-hetero) is 1. The third kappa shape index (κ3) is 6.80. The molecule has 0 bridgehead atoms. The lowest BCUT2D eigenvalue weighted by molar-refractivity contribution is -0.130. The smallest absolute Gasteiger partial charge is 0.237 e. The first-order valence-corrected chi connectivity index (χ1v) is 17.8. The molecule has 7 nitrogen and oxygen atoms in total. The Morgan fingerprint density at radius 3 is 2.65 bits per heavy atom. The van der Waals surface area contributed by atoms with Gasteiger partial charge in [0.2, 0.25) is 11.7 Å². The second-order valence-electron chi connectivity index (χ2n) is 12.8. The Kier molecular flexibility index (Phi) is 9.72. The van der Waals surface area contributed by atoms with Crippen molar-refractivity contribution in [2.75, 3.05) is 20.1 Å². The summed E-state index contributed by atoms with van der Waals surface area (Å²) in [5.74, 6) is 0.475. The van der Waals surface area contributed by atoms with Gasteiger partial charge < -0.3 is 10.6 Å². The first-order valence-electron chi connectivity index (χ1n) is 16.1. The molecule has 5 atom stereocenters. The van der Waals surface area contributed by atoms with Gasteiger partial charge in [-0.05, 0) is 88.4 Å². The number of fused-ring (bicyclic) bond motifs is 2. The Balaban J connectivity index is 1.24. The molecule has 3 fully saturated rings. The zero-order valence-corrected chi connectivity index (χ0v) is 27.0. The molecule has 43 heavy (non-hydrogen) atoms. The standard InChI is InChI=1S/C34H44N4O3S2/c1-21(35-2)33(41)37-31(22-9-4-3-5-10-22)28(39)17-23-14-15-25-12-8-16-38(25)19-26(23)34-36-27(20-42-34)32(40)30-18-24-11-6-7-13-29(24)43-30/h6-7,11,13,18,20-23,25-26,31,35H,3-5,8-10,12,14-17,19H2,1-2H3,(H,37,41). The van der Waals surface area contributed by atoms with Gasteiger partial charge in [0.05, 0.1) is 22.0 Å². The number of carbonyl (C=O) groups excluding carboxylic acids is 3. The van der Waals surface area contributed by atoms with Crippen molar-refractivity contribution in [2.24, 2.45) is 11.8 Å². The minimum absolute atomic E-state index is 0.0253. The van der Waals surface area contributed by atoms with Crippen LogP contribution in [0, 0.1) is 11.8 Å². The fourth-order valence-electron chi connectivity index (χ4n) is 7.50. The summed E-state index contributed by atoms with van der Waals surface area (Å²) >= 11 is 3.09. The summed E-state index contributed by atoms with van der Waals surface area (Å²) in [5, 5.41) is 10.2. The fourth-order valence-corrected chi connectivity index (χ4v) is 9.50. The normalized spacial score (nSPS) is 24.7. The van der Waals surface area contributed by atoms with E-state index < -0.39 is 6.04 Å². The van der Waals surface area contributed by atoms with Crippen LogP contribution >= 0.6 is 22.7 Å². The van der Waals surface area contributed by atoms with Crippen LogP contribution in [0.1, 0.15) is 97.4 Å². The van der Waals surface area contributed by atoms with Gasteiger partial charge in [-0.3, -0.25) is 19.3 Å². The van der Waals surface area contributed by atoms with E-state index in [9.17, 15) is 14.4 Å². The largest absolute Gasteiger partial charge is 0.345 e. The lowest BCUT2D eigenvalue weighted by Gasteiger charge is -2.33. The topological polar surface area (TPSA) is 91.4 Å². The molecule has 2 aliphatic heterocycles. The van der Waals surface area contributed by atoms with Crippen LogP contribution in [0.3, 0.4) is 0 Å². The van der Waals surface area contributed by atoms with Crippen LogP contribution in [0.15, 0.2) is 35.7 Å². The maximum atomic E-state index is 14.2. The van der Waals surface area contributed by atoms with Crippen molar-refractivity contribution in [3.8, 4) is 0 Å². The molecule has 3 aliphatic rings. The highest BCUT2D eigenvalue weighted by Crippen LogP contribution is 2.41. The number of carbonyl (C=O) groups is 3. The number of likely N-dealkylation sites (N-methyl/N-ethyl adjacent to an activating group) is 1. The predicted octanol–water partition coefficient (Wildman–Crippen LogP) is 6.18. The van der Waals surface area contributed by atoms with Crippen molar-refractivity contribution in [1.82, 2.24) is 20.5 Å². The molecule has 0 radical (unpaired) electrons. The molecular weight excluding hydrogens is 577 g/mol. The predicted molar refractivity (Wildman–Crippen MR) is 174 cm³/mol. The molecule has 1 saturated carbocycles. The molecule has 9 heteroatoms. The fraction of sp³-hybridized carbons (Fsp3) is 0.588. The number of nitrogens with zero attached hydrogens (tertiary/aromatic N) is 2. The minimum Gasteiger partial charge on any atom is -0.345 e. The quantitative estimate of drug-likeness (QED) is 0.263. The third-order valence-electron chi connectivity index (χ3n) is 10.1. The van der Waals surface area contributed by atoms with E-state index in [0.29, 0.717) is 23.0 Å². The molecular formula is C34H44N4O3S2. The Hall–Kier alpha value is -2.46. The minimum atomic E-state index is -0.436. The summed E-state index contributed by atoms with van der Waals surface area (Å²) in [6, 6.07) is 9.83. The van der Waals surface area contributed by atoms with Crippen LogP contribution in [0.4, 0.5) is 0 Å². The summed E-state index contributed by atoms with van der Waals surface area (Å²) < 4.78 is 1.10. The Morgan fingerprint density at radius 1 is 1.05 bits per heavy atom. The zero-order valence-electron chi connectivity index (χ0n) is 25.3. The number of benzene rings is 1. The van der Waals surface area contributed by atoms with Gasteiger partial charge in [0.25, 0.3) is 0 Å². The first kappa shape index (κ1) is 30.6. The van der Waals surface area contributed by atoms with E-state index in [0.717, 1.165) is 66.7 Å². The van der Waals surface area contributed by atoms with Gasteiger partial charge in [0, 0.05) is 35.0 Å². The SMILES string of the molecule is CNC(C)C(=O)NC(C(=O)CC1CCC2CCCN2CC1c1nc(C(=O)c2cc3ccccc3s2)cs1)C1CCCCC1. The Bertz CT molecular complexity index is 1410. The van der Waals surface area contributed by atoms with Gasteiger partial charge in [-0.1, -0.05) is 37.5 Å². The van der Waals surface area contributed by atoms with E-state index in [1.54, 1.807) is 18.4 Å².